The van der Waals surface area contributed by atoms with E-state index in [1.54, 1.807) is 0 Å². The first-order chi connectivity index (χ1) is 12.1. The van der Waals surface area contributed by atoms with Crippen LogP contribution in [-0.2, 0) is 4.79 Å². The fourth-order valence-corrected chi connectivity index (χ4v) is 4.18. The van der Waals surface area contributed by atoms with Crippen molar-refractivity contribution >= 4 is 29.9 Å². The Morgan fingerprint density at radius 3 is 2.38 bits per heavy atom. The van der Waals surface area contributed by atoms with Crippen molar-refractivity contribution in [3.63, 3.8) is 0 Å². The number of likely N-dealkylation sites (tertiary alicyclic amines) is 1. The summed E-state index contributed by atoms with van der Waals surface area (Å²) in [7, 11) is 0. The lowest BCUT2D eigenvalue weighted by atomic mass is 9.87. The molecule has 1 amide bonds. The number of rotatable bonds is 5. The molecule has 2 aliphatic rings. The SMILES string of the molecule is Cl.O=C(CCC1CCNCC1)N1CCC(C(O)c2ccc(Cl)cc2)CC1. The molecule has 6 heteroatoms. The molecule has 2 saturated heterocycles. The molecule has 0 bridgehead atoms. The zero-order chi connectivity index (χ0) is 17.6. The molecule has 1 aromatic carbocycles. The van der Waals surface area contributed by atoms with E-state index in [0.29, 0.717) is 17.4 Å². The lowest BCUT2D eigenvalue weighted by Crippen LogP contribution is -2.40. The topological polar surface area (TPSA) is 52.6 Å². The van der Waals surface area contributed by atoms with Gasteiger partial charge in [-0.3, -0.25) is 4.79 Å². The second-order valence-corrected chi connectivity index (χ2v) is 7.88. The summed E-state index contributed by atoms with van der Waals surface area (Å²) in [6.45, 7) is 3.71. The zero-order valence-corrected chi connectivity index (χ0v) is 16.8. The zero-order valence-electron chi connectivity index (χ0n) is 15.2. The number of carbonyl (C=O) groups is 1. The quantitative estimate of drug-likeness (QED) is 0.789. The Morgan fingerprint density at radius 1 is 1.15 bits per heavy atom. The van der Waals surface area contributed by atoms with Gasteiger partial charge in [-0.1, -0.05) is 23.7 Å². The standard InChI is InChI=1S/C20H29ClN2O2.ClH/c21-18-4-2-16(3-5-18)20(25)17-9-13-23(14-10-17)19(24)6-1-15-7-11-22-12-8-15;/h2-5,15,17,20,22,25H,1,6-14H2;1H. The predicted molar refractivity (Wildman–Crippen MR) is 108 cm³/mol. The molecule has 26 heavy (non-hydrogen) atoms. The second kappa shape index (κ2) is 10.5. The summed E-state index contributed by atoms with van der Waals surface area (Å²) in [5, 5.41) is 14.6. The third-order valence-electron chi connectivity index (χ3n) is 5.78. The van der Waals surface area contributed by atoms with Crippen LogP contribution in [0.1, 0.15) is 50.2 Å². The van der Waals surface area contributed by atoms with Gasteiger partial charge in [-0.2, -0.15) is 0 Å². The third kappa shape index (κ3) is 5.85. The lowest BCUT2D eigenvalue weighted by molar-refractivity contribution is -0.133. The minimum Gasteiger partial charge on any atom is -0.388 e. The Kier molecular flexibility index (Phi) is 8.68. The van der Waals surface area contributed by atoms with Gasteiger partial charge in [-0.05, 0) is 74.7 Å². The number of halogens is 2. The van der Waals surface area contributed by atoms with Crippen molar-refractivity contribution < 1.29 is 9.90 Å². The molecule has 3 rings (SSSR count). The van der Waals surface area contributed by atoms with Gasteiger partial charge in [0.15, 0.2) is 0 Å². The van der Waals surface area contributed by atoms with Crippen LogP contribution in [0.4, 0.5) is 0 Å². The number of hydrogen-bond acceptors (Lipinski definition) is 3. The average Bonchev–Trinajstić information content (AvgIpc) is 2.67. The van der Waals surface area contributed by atoms with Crippen molar-refractivity contribution in [2.24, 2.45) is 11.8 Å². The normalized spacial score (nSPS) is 20.5. The summed E-state index contributed by atoms with van der Waals surface area (Å²) >= 11 is 5.91. The van der Waals surface area contributed by atoms with E-state index in [1.165, 1.54) is 12.8 Å². The van der Waals surface area contributed by atoms with Crippen LogP contribution >= 0.6 is 24.0 Å². The number of piperidine rings is 2. The Balaban J connectivity index is 0.00000243. The molecule has 2 N–H and O–H groups in total. The van der Waals surface area contributed by atoms with Crippen molar-refractivity contribution in [3.8, 4) is 0 Å². The van der Waals surface area contributed by atoms with E-state index < -0.39 is 6.10 Å². The van der Waals surface area contributed by atoms with Crippen molar-refractivity contribution in [2.75, 3.05) is 26.2 Å². The van der Waals surface area contributed by atoms with E-state index in [4.69, 9.17) is 11.6 Å². The molecule has 0 spiro atoms. The van der Waals surface area contributed by atoms with Crippen LogP contribution in [0, 0.1) is 11.8 Å². The van der Waals surface area contributed by atoms with Crippen molar-refractivity contribution in [3.05, 3.63) is 34.9 Å². The highest BCUT2D eigenvalue weighted by atomic mass is 35.5. The van der Waals surface area contributed by atoms with Crippen LogP contribution in [0.2, 0.25) is 5.02 Å². The maximum atomic E-state index is 12.5. The van der Waals surface area contributed by atoms with Gasteiger partial charge in [0.25, 0.3) is 0 Å². The van der Waals surface area contributed by atoms with Crippen LogP contribution in [0.15, 0.2) is 24.3 Å². The van der Waals surface area contributed by atoms with E-state index in [-0.39, 0.29) is 24.2 Å². The van der Waals surface area contributed by atoms with Crippen molar-refractivity contribution in [1.29, 1.82) is 0 Å². The van der Waals surface area contributed by atoms with Gasteiger partial charge in [0, 0.05) is 24.5 Å². The number of carbonyl (C=O) groups excluding carboxylic acids is 1. The molecule has 4 nitrogen and oxygen atoms in total. The molecule has 2 fully saturated rings. The largest absolute Gasteiger partial charge is 0.388 e. The Morgan fingerprint density at radius 2 is 1.77 bits per heavy atom. The molecule has 1 atom stereocenters. The van der Waals surface area contributed by atoms with Gasteiger partial charge >= 0.3 is 0 Å². The Bertz CT molecular complexity index is 553. The summed E-state index contributed by atoms with van der Waals surface area (Å²) in [6.07, 6.45) is 5.35. The molecular formula is C20H30Cl2N2O2. The summed E-state index contributed by atoms with van der Waals surface area (Å²) in [5.74, 6) is 1.21. The van der Waals surface area contributed by atoms with Gasteiger partial charge in [0.05, 0.1) is 6.10 Å². The Hall–Kier alpha value is -0.810. The maximum absolute atomic E-state index is 12.5. The highest BCUT2D eigenvalue weighted by Gasteiger charge is 2.28. The minimum absolute atomic E-state index is 0. The smallest absolute Gasteiger partial charge is 0.222 e. The number of nitrogens with zero attached hydrogens (tertiary/aromatic N) is 1. The number of hydrogen-bond donors (Lipinski definition) is 2. The molecule has 0 saturated carbocycles. The first-order valence-electron chi connectivity index (χ1n) is 9.55. The van der Waals surface area contributed by atoms with Gasteiger partial charge in [-0.15, -0.1) is 12.4 Å². The highest BCUT2D eigenvalue weighted by molar-refractivity contribution is 6.30. The first kappa shape index (κ1) is 21.5. The summed E-state index contributed by atoms with van der Waals surface area (Å²) < 4.78 is 0. The predicted octanol–water partition coefficient (Wildman–Crippen LogP) is 3.81. The lowest BCUT2D eigenvalue weighted by Gasteiger charge is -2.35. The Labute approximate surface area is 167 Å². The van der Waals surface area contributed by atoms with E-state index in [2.05, 4.69) is 5.32 Å². The summed E-state index contributed by atoms with van der Waals surface area (Å²) in [6, 6.07) is 7.42. The molecule has 0 radical (unpaired) electrons. The van der Waals surface area contributed by atoms with Gasteiger partial charge < -0.3 is 15.3 Å². The minimum atomic E-state index is -0.468. The van der Waals surface area contributed by atoms with Crippen LogP contribution in [0.5, 0.6) is 0 Å². The van der Waals surface area contributed by atoms with Gasteiger partial charge in [-0.25, -0.2) is 0 Å². The molecule has 1 unspecified atom stereocenters. The van der Waals surface area contributed by atoms with Gasteiger partial charge in [0.2, 0.25) is 5.91 Å². The van der Waals surface area contributed by atoms with E-state index in [9.17, 15) is 9.90 Å². The summed E-state index contributed by atoms with van der Waals surface area (Å²) in [5.41, 5.74) is 0.917. The highest BCUT2D eigenvalue weighted by Crippen LogP contribution is 2.31. The van der Waals surface area contributed by atoms with Crippen LogP contribution in [0.3, 0.4) is 0 Å². The van der Waals surface area contributed by atoms with Crippen LogP contribution < -0.4 is 5.32 Å². The number of amides is 1. The van der Waals surface area contributed by atoms with Crippen molar-refractivity contribution in [1.82, 2.24) is 10.2 Å². The maximum Gasteiger partial charge on any atom is 0.222 e. The number of benzene rings is 1. The molecule has 0 aromatic heterocycles. The van der Waals surface area contributed by atoms with E-state index >= 15 is 0 Å². The molecule has 0 aliphatic carbocycles. The fourth-order valence-electron chi connectivity index (χ4n) is 4.05. The van der Waals surface area contributed by atoms with Crippen LogP contribution in [0.25, 0.3) is 0 Å². The molecular weight excluding hydrogens is 371 g/mol. The number of aliphatic hydroxyl groups is 1. The number of nitrogens with one attached hydrogen (secondary N) is 1. The monoisotopic (exact) mass is 400 g/mol. The van der Waals surface area contributed by atoms with E-state index in [0.717, 1.165) is 51.0 Å². The molecule has 146 valence electrons. The molecule has 2 aliphatic heterocycles. The molecule has 1 aromatic rings. The first-order valence-corrected chi connectivity index (χ1v) is 9.93. The fraction of sp³-hybridized carbons (Fsp3) is 0.650. The van der Waals surface area contributed by atoms with Crippen molar-refractivity contribution in [2.45, 2.75) is 44.6 Å². The molecule has 2 heterocycles. The van der Waals surface area contributed by atoms with E-state index in [1.807, 2.05) is 29.2 Å². The van der Waals surface area contributed by atoms with Gasteiger partial charge in [0.1, 0.15) is 0 Å². The third-order valence-corrected chi connectivity index (χ3v) is 6.03. The summed E-state index contributed by atoms with van der Waals surface area (Å²) in [4.78, 5) is 14.5. The second-order valence-electron chi connectivity index (χ2n) is 7.45. The number of aliphatic hydroxyl groups excluding tert-OH is 1. The van der Waals surface area contributed by atoms with Crippen LogP contribution in [-0.4, -0.2) is 42.1 Å². The average molecular weight is 401 g/mol.